The van der Waals surface area contributed by atoms with E-state index in [-0.39, 0.29) is 0 Å². The Labute approximate surface area is 194 Å². The van der Waals surface area contributed by atoms with Gasteiger partial charge in [-0.25, -0.2) is 0 Å². The van der Waals surface area contributed by atoms with Gasteiger partial charge in [0.15, 0.2) is 0 Å². The fourth-order valence-electron chi connectivity index (χ4n) is 3.78. The first-order valence-corrected chi connectivity index (χ1v) is 12.2. The molecule has 0 bridgehead atoms. The molecule has 2 heterocycles. The van der Waals surface area contributed by atoms with Crippen molar-refractivity contribution >= 4 is 31.9 Å². The summed E-state index contributed by atoms with van der Waals surface area (Å²) >= 11 is 7.28. The minimum Gasteiger partial charge on any atom is -0.265 e. The lowest BCUT2D eigenvalue weighted by Gasteiger charge is -2.16. The van der Waals surface area contributed by atoms with Gasteiger partial charge in [-0.2, -0.15) is 0 Å². The number of hydrogen-bond donors (Lipinski definition) is 0. The third-order valence-corrected chi connectivity index (χ3v) is 6.05. The van der Waals surface area contributed by atoms with E-state index in [1.165, 1.54) is 44.5 Å². The SMILES string of the molecule is BrCCc1cc(-c2ccncc2)ccc1-c1ccc(-c2ccncc2)cc1CCBr. The predicted octanol–water partition coefficient (Wildman–Crippen LogP) is 7.35. The van der Waals surface area contributed by atoms with Crippen molar-refractivity contribution in [1.29, 1.82) is 0 Å². The van der Waals surface area contributed by atoms with Crippen LogP contribution in [0, 0.1) is 0 Å². The van der Waals surface area contributed by atoms with Gasteiger partial charge in [-0.15, -0.1) is 0 Å². The molecule has 0 aliphatic heterocycles. The molecule has 0 spiro atoms. The summed E-state index contributed by atoms with van der Waals surface area (Å²) in [5.74, 6) is 0. The second kappa shape index (κ2) is 10.1. The molecule has 0 atom stereocenters. The number of benzene rings is 2. The van der Waals surface area contributed by atoms with Crippen LogP contribution < -0.4 is 0 Å². The van der Waals surface area contributed by atoms with Crippen LogP contribution in [0.5, 0.6) is 0 Å². The summed E-state index contributed by atoms with van der Waals surface area (Å²) in [6.07, 6.45) is 9.35. The summed E-state index contributed by atoms with van der Waals surface area (Å²) in [6, 6.07) is 21.9. The summed E-state index contributed by atoms with van der Waals surface area (Å²) in [5.41, 5.74) is 10.2. The van der Waals surface area contributed by atoms with Crippen molar-refractivity contribution in [3.63, 3.8) is 0 Å². The van der Waals surface area contributed by atoms with Gasteiger partial charge in [0.1, 0.15) is 0 Å². The Kier molecular flexibility index (Phi) is 7.08. The van der Waals surface area contributed by atoms with Gasteiger partial charge in [0.25, 0.3) is 0 Å². The number of aryl methyl sites for hydroxylation is 2. The number of alkyl halides is 2. The summed E-state index contributed by atoms with van der Waals surface area (Å²) in [7, 11) is 0. The van der Waals surface area contributed by atoms with Crippen LogP contribution in [0.2, 0.25) is 0 Å². The second-order valence-electron chi connectivity index (χ2n) is 7.09. The van der Waals surface area contributed by atoms with E-state index in [1.807, 2.05) is 24.8 Å². The summed E-state index contributed by atoms with van der Waals surface area (Å²) in [4.78, 5) is 8.29. The van der Waals surface area contributed by atoms with Gasteiger partial charge in [-0.1, -0.05) is 68.3 Å². The lowest BCUT2D eigenvalue weighted by atomic mass is 9.89. The molecule has 4 heteroatoms. The Morgan fingerprint density at radius 3 is 1.27 bits per heavy atom. The lowest BCUT2D eigenvalue weighted by Crippen LogP contribution is -1.98. The van der Waals surface area contributed by atoms with Crippen LogP contribution in [-0.2, 0) is 12.8 Å². The molecule has 0 aliphatic carbocycles. The van der Waals surface area contributed by atoms with Crippen molar-refractivity contribution in [2.45, 2.75) is 12.8 Å². The molecule has 0 saturated heterocycles. The van der Waals surface area contributed by atoms with Crippen LogP contribution in [0.1, 0.15) is 11.1 Å². The van der Waals surface area contributed by atoms with Crippen LogP contribution in [-0.4, -0.2) is 20.6 Å². The first-order valence-electron chi connectivity index (χ1n) is 9.99. The minimum atomic E-state index is 0.933. The molecule has 0 amide bonds. The molecule has 2 nitrogen and oxygen atoms in total. The van der Waals surface area contributed by atoms with Crippen LogP contribution in [0.4, 0.5) is 0 Å². The van der Waals surface area contributed by atoms with E-state index >= 15 is 0 Å². The smallest absolute Gasteiger partial charge is 0.0273 e. The van der Waals surface area contributed by atoms with Crippen LogP contribution in [0.3, 0.4) is 0 Å². The van der Waals surface area contributed by atoms with Gasteiger partial charge in [-0.3, -0.25) is 9.97 Å². The van der Waals surface area contributed by atoms with Crippen molar-refractivity contribution in [2.75, 3.05) is 10.7 Å². The molecule has 0 radical (unpaired) electrons. The monoisotopic (exact) mass is 520 g/mol. The molecule has 2 aromatic heterocycles. The van der Waals surface area contributed by atoms with E-state index in [0.29, 0.717) is 0 Å². The topological polar surface area (TPSA) is 25.8 Å². The van der Waals surface area contributed by atoms with E-state index in [2.05, 4.69) is 102 Å². The zero-order chi connectivity index (χ0) is 20.8. The summed E-state index contributed by atoms with van der Waals surface area (Å²) in [5, 5.41) is 1.87. The van der Waals surface area contributed by atoms with Crippen molar-refractivity contribution in [3.05, 3.63) is 96.6 Å². The van der Waals surface area contributed by atoms with Crippen LogP contribution in [0.25, 0.3) is 33.4 Å². The Morgan fingerprint density at radius 1 is 0.500 bits per heavy atom. The maximum atomic E-state index is 4.14. The zero-order valence-electron chi connectivity index (χ0n) is 16.6. The molecule has 150 valence electrons. The van der Waals surface area contributed by atoms with E-state index in [0.717, 1.165) is 23.5 Å². The number of hydrogen-bond acceptors (Lipinski definition) is 2. The van der Waals surface area contributed by atoms with Gasteiger partial charge in [0.05, 0.1) is 0 Å². The number of halogens is 2. The molecule has 4 aromatic rings. The third kappa shape index (κ3) is 4.71. The van der Waals surface area contributed by atoms with Gasteiger partial charge in [-0.05, 0) is 81.6 Å². The normalized spacial score (nSPS) is 10.9. The van der Waals surface area contributed by atoms with Crippen molar-refractivity contribution in [3.8, 4) is 33.4 Å². The highest BCUT2D eigenvalue weighted by molar-refractivity contribution is 9.09. The predicted molar refractivity (Wildman–Crippen MR) is 133 cm³/mol. The maximum absolute atomic E-state index is 4.14. The van der Waals surface area contributed by atoms with Gasteiger partial charge >= 0.3 is 0 Å². The minimum absolute atomic E-state index is 0.933. The molecule has 4 rings (SSSR count). The fourth-order valence-corrected chi connectivity index (χ4v) is 4.63. The Balaban J connectivity index is 1.80. The molecule has 0 unspecified atom stereocenters. The molecule has 30 heavy (non-hydrogen) atoms. The zero-order valence-corrected chi connectivity index (χ0v) is 19.7. The average Bonchev–Trinajstić information content (AvgIpc) is 2.81. The first kappa shape index (κ1) is 21.0. The molecule has 0 fully saturated rings. The van der Waals surface area contributed by atoms with Crippen LogP contribution >= 0.6 is 31.9 Å². The highest BCUT2D eigenvalue weighted by Gasteiger charge is 2.12. The maximum Gasteiger partial charge on any atom is 0.0273 e. The van der Waals surface area contributed by atoms with E-state index in [9.17, 15) is 0 Å². The first-order chi connectivity index (χ1) is 14.8. The highest BCUT2D eigenvalue weighted by Crippen LogP contribution is 2.34. The number of rotatable bonds is 7. The molecule has 0 saturated carbocycles. The Morgan fingerprint density at radius 2 is 0.900 bits per heavy atom. The molecule has 0 aliphatic rings. The largest absolute Gasteiger partial charge is 0.265 e. The molecular weight excluding hydrogens is 500 g/mol. The third-order valence-electron chi connectivity index (χ3n) is 5.26. The molecule has 2 aromatic carbocycles. The molecular formula is C26H22Br2N2. The van der Waals surface area contributed by atoms with Gasteiger partial charge < -0.3 is 0 Å². The van der Waals surface area contributed by atoms with Crippen molar-refractivity contribution in [1.82, 2.24) is 9.97 Å². The van der Waals surface area contributed by atoms with Gasteiger partial charge in [0.2, 0.25) is 0 Å². The van der Waals surface area contributed by atoms with E-state index in [1.54, 1.807) is 0 Å². The van der Waals surface area contributed by atoms with Gasteiger partial charge in [0, 0.05) is 35.4 Å². The second-order valence-corrected chi connectivity index (χ2v) is 8.68. The quantitative estimate of drug-likeness (QED) is 0.237. The number of pyridine rings is 2. The highest BCUT2D eigenvalue weighted by atomic mass is 79.9. The van der Waals surface area contributed by atoms with Crippen LogP contribution in [0.15, 0.2) is 85.5 Å². The summed E-state index contributed by atoms with van der Waals surface area (Å²) < 4.78 is 0. The lowest BCUT2D eigenvalue weighted by molar-refractivity contribution is 1.15. The molecule has 0 N–H and O–H groups in total. The van der Waals surface area contributed by atoms with E-state index < -0.39 is 0 Å². The standard InChI is InChI=1S/C26H22Br2N2/c27-11-5-23-17-21(19-7-13-29-14-8-19)1-3-25(23)26-4-2-22(18-24(26)6-12-28)20-9-15-30-16-10-20/h1-4,7-10,13-18H,5-6,11-12H2. The Bertz CT molecular complexity index is 1020. The van der Waals surface area contributed by atoms with Crippen molar-refractivity contribution < 1.29 is 0 Å². The Hall–Kier alpha value is -2.30. The van der Waals surface area contributed by atoms with Crippen molar-refractivity contribution in [2.24, 2.45) is 0 Å². The number of nitrogens with zero attached hydrogens (tertiary/aromatic N) is 2. The average molecular weight is 522 g/mol. The van der Waals surface area contributed by atoms with E-state index in [4.69, 9.17) is 0 Å². The fraction of sp³-hybridized carbons (Fsp3) is 0.154. The summed E-state index contributed by atoms with van der Waals surface area (Å²) in [6.45, 7) is 0. The number of aromatic nitrogens is 2.